The molecule has 0 N–H and O–H groups in total. The third-order valence-corrected chi connectivity index (χ3v) is 1.23. The zero-order valence-corrected chi connectivity index (χ0v) is 8.87. The molecule has 0 aliphatic carbocycles. The van der Waals surface area contributed by atoms with Gasteiger partial charge in [0.15, 0.2) is 0 Å². The Balaban J connectivity index is 0.00000144. The quantitative estimate of drug-likeness (QED) is 0.343. The number of carbonyl (C=O) groups is 2. The van der Waals surface area contributed by atoms with Crippen LogP contribution in [0.4, 0.5) is 0 Å². The topological polar surface area (TPSA) is 80.3 Å². The number of aromatic carboxylic acids is 2. The molecule has 0 saturated carbocycles. The molecule has 0 aliphatic rings. The van der Waals surface area contributed by atoms with E-state index >= 15 is 0 Å². The maximum atomic E-state index is 10.2. The van der Waals surface area contributed by atoms with E-state index in [4.69, 9.17) is 0 Å². The number of carboxylic acids is 2. The van der Waals surface area contributed by atoms with Gasteiger partial charge < -0.3 is 19.8 Å². The molecule has 0 fully saturated rings. The third kappa shape index (κ3) is 3.18. The molecular formula is C8H3NaO4-2. The van der Waals surface area contributed by atoms with Crippen molar-refractivity contribution >= 4 is 11.9 Å². The Morgan fingerprint density at radius 3 is 1.77 bits per heavy atom. The molecule has 5 heteroatoms. The zero-order chi connectivity index (χ0) is 9.14. The van der Waals surface area contributed by atoms with Crippen LogP contribution in [0.3, 0.4) is 0 Å². The molecule has 0 amide bonds. The molecule has 4 nitrogen and oxygen atoms in total. The Bertz CT molecular complexity index is 305. The summed E-state index contributed by atoms with van der Waals surface area (Å²) in [5, 5.41) is 20.4. The van der Waals surface area contributed by atoms with E-state index in [2.05, 4.69) is 6.07 Å². The van der Waals surface area contributed by atoms with Crippen LogP contribution >= 0.6 is 0 Å². The molecular weight excluding hydrogens is 183 g/mol. The second-order valence-corrected chi connectivity index (χ2v) is 2.05. The molecule has 0 heterocycles. The molecule has 13 heavy (non-hydrogen) atoms. The van der Waals surface area contributed by atoms with E-state index in [0.717, 1.165) is 0 Å². The Labute approximate surface area is 96.5 Å². The molecule has 0 saturated heterocycles. The normalized spacial score (nSPS) is 8.62. The number of carbonyl (C=O) groups excluding carboxylic acids is 2. The molecule has 1 aromatic rings. The second kappa shape index (κ2) is 5.01. The Kier molecular flexibility index (Phi) is 4.69. The van der Waals surface area contributed by atoms with Crippen LogP contribution in [0.25, 0.3) is 0 Å². The fourth-order valence-corrected chi connectivity index (χ4v) is 0.707. The Hall–Kier alpha value is -0.840. The molecule has 0 radical (unpaired) electrons. The van der Waals surface area contributed by atoms with Gasteiger partial charge in [0.25, 0.3) is 0 Å². The van der Waals surface area contributed by atoms with Gasteiger partial charge in [0.2, 0.25) is 0 Å². The van der Waals surface area contributed by atoms with Crippen LogP contribution in [-0.4, -0.2) is 11.9 Å². The van der Waals surface area contributed by atoms with Crippen molar-refractivity contribution in [2.24, 2.45) is 0 Å². The van der Waals surface area contributed by atoms with Gasteiger partial charge in [-0.25, -0.2) is 0 Å². The summed E-state index contributed by atoms with van der Waals surface area (Å²) < 4.78 is 0. The van der Waals surface area contributed by atoms with Gasteiger partial charge >= 0.3 is 29.6 Å². The predicted octanol–water partition coefficient (Wildman–Crippen LogP) is -4.78. The third-order valence-electron chi connectivity index (χ3n) is 1.23. The first-order valence-electron chi connectivity index (χ1n) is 3.06. The van der Waals surface area contributed by atoms with Crippen molar-refractivity contribution in [3.63, 3.8) is 0 Å². The molecule has 0 spiro atoms. The number of rotatable bonds is 2. The van der Waals surface area contributed by atoms with Crippen molar-refractivity contribution in [2.45, 2.75) is 0 Å². The van der Waals surface area contributed by atoms with Crippen LogP contribution in [0.2, 0.25) is 0 Å². The van der Waals surface area contributed by atoms with Crippen LogP contribution < -0.4 is 39.8 Å². The fourth-order valence-electron chi connectivity index (χ4n) is 0.707. The van der Waals surface area contributed by atoms with E-state index in [1.165, 1.54) is 18.2 Å². The predicted molar refractivity (Wildman–Crippen MR) is 33.9 cm³/mol. The van der Waals surface area contributed by atoms with Gasteiger partial charge in [-0.1, -0.05) is 0 Å². The number of benzene rings is 1. The zero-order valence-electron chi connectivity index (χ0n) is 6.87. The summed E-state index contributed by atoms with van der Waals surface area (Å²) in [6.07, 6.45) is 0. The summed E-state index contributed by atoms with van der Waals surface area (Å²) in [5.74, 6) is -2.92. The number of hydrogen-bond acceptors (Lipinski definition) is 4. The van der Waals surface area contributed by atoms with E-state index in [9.17, 15) is 19.8 Å². The molecule has 0 aromatic heterocycles. The number of carboxylic acid groups (broad SMARTS) is 2. The van der Waals surface area contributed by atoms with Crippen LogP contribution in [0.15, 0.2) is 18.2 Å². The molecule has 0 atom stereocenters. The second-order valence-electron chi connectivity index (χ2n) is 2.05. The van der Waals surface area contributed by atoms with Crippen molar-refractivity contribution in [3.8, 4) is 0 Å². The van der Waals surface area contributed by atoms with Gasteiger partial charge in [-0.3, -0.25) is 0 Å². The van der Waals surface area contributed by atoms with E-state index in [1.807, 2.05) is 0 Å². The summed E-state index contributed by atoms with van der Waals surface area (Å²) in [7, 11) is 0. The van der Waals surface area contributed by atoms with Gasteiger partial charge in [0, 0.05) is 0 Å². The minimum absolute atomic E-state index is 0. The standard InChI is InChI=1S/C8H5O4.Na/c9-7(10)5-2-1-3-6(4-5)8(11)12;/h1-3H,(H,9,10)(H,11,12);/q-1;+1/p-2. The van der Waals surface area contributed by atoms with Crippen LogP contribution in [-0.2, 0) is 0 Å². The summed E-state index contributed by atoms with van der Waals surface area (Å²) >= 11 is 0. The Morgan fingerprint density at radius 2 is 1.46 bits per heavy atom. The van der Waals surface area contributed by atoms with E-state index < -0.39 is 11.9 Å². The van der Waals surface area contributed by atoms with Crippen molar-refractivity contribution in [1.82, 2.24) is 0 Å². The van der Waals surface area contributed by atoms with Gasteiger partial charge in [-0.15, -0.1) is 35.4 Å². The Morgan fingerprint density at radius 1 is 1.08 bits per heavy atom. The van der Waals surface area contributed by atoms with E-state index in [1.54, 1.807) is 0 Å². The molecule has 1 aromatic carbocycles. The average molecular weight is 186 g/mol. The van der Waals surface area contributed by atoms with E-state index in [-0.39, 0.29) is 40.7 Å². The summed E-state index contributed by atoms with van der Waals surface area (Å²) in [5.41, 5.74) is -0.589. The van der Waals surface area contributed by atoms with Crippen LogP contribution in [0.5, 0.6) is 0 Å². The van der Waals surface area contributed by atoms with Crippen molar-refractivity contribution in [3.05, 3.63) is 35.4 Å². The number of hydrogen-bond donors (Lipinski definition) is 0. The minimum atomic E-state index is -1.46. The smallest absolute Gasteiger partial charge is 0.591 e. The summed E-state index contributed by atoms with van der Waals surface area (Å²) in [6.45, 7) is 0. The summed E-state index contributed by atoms with van der Waals surface area (Å²) in [6, 6.07) is 5.80. The maximum absolute atomic E-state index is 10.2. The molecule has 0 bridgehead atoms. The fraction of sp³-hybridized carbons (Fsp3) is 0. The van der Waals surface area contributed by atoms with Gasteiger partial charge in [0.05, 0.1) is 0 Å². The van der Waals surface area contributed by atoms with Crippen molar-refractivity contribution in [1.29, 1.82) is 0 Å². The van der Waals surface area contributed by atoms with Gasteiger partial charge in [0.1, 0.15) is 0 Å². The van der Waals surface area contributed by atoms with Gasteiger partial charge in [-0.2, -0.15) is 0 Å². The SMILES string of the molecule is O=C([O-])c1[c-]c(C(=O)[O-])ccc1.[Na+]. The van der Waals surface area contributed by atoms with Gasteiger partial charge in [-0.05, 0) is 11.9 Å². The first kappa shape index (κ1) is 12.2. The van der Waals surface area contributed by atoms with Crippen LogP contribution in [0.1, 0.15) is 20.7 Å². The first-order chi connectivity index (χ1) is 5.61. The van der Waals surface area contributed by atoms with E-state index in [0.29, 0.717) is 0 Å². The molecule has 0 aliphatic heterocycles. The van der Waals surface area contributed by atoms with Crippen molar-refractivity contribution < 1.29 is 49.4 Å². The summed E-state index contributed by atoms with van der Waals surface area (Å²) in [4.78, 5) is 20.4. The van der Waals surface area contributed by atoms with Crippen LogP contribution in [0, 0.1) is 6.07 Å². The maximum Gasteiger partial charge on any atom is 1.00 e. The molecule has 62 valence electrons. The molecule has 1 rings (SSSR count). The monoisotopic (exact) mass is 186 g/mol. The minimum Gasteiger partial charge on any atom is -0.591 e. The largest absolute Gasteiger partial charge is 1.00 e. The van der Waals surface area contributed by atoms with Crippen molar-refractivity contribution in [2.75, 3.05) is 0 Å². The average Bonchev–Trinajstić information content (AvgIpc) is 2.04. The molecule has 0 unspecified atom stereocenters. The first-order valence-corrected chi connectivity index (χ1v) is 3.06.